The molecule has 9 heteroatoms. The van der Waals surface area contributed by atoms with Gasteiger partial charge in [-0.15, -0.1) is 5.10 Å². The standard InChI is InChI=1S/C18H15ClN6O2/c1-24-8-4-7-13(24)18-20-17(22-27-18)16-14-10-26-15(9-25(14)23-21-16)11-5-2-3-6-12(11)19/h2-8,15H,9-10H2,1H3. The lowest BCUT2D eigenvalue weighted by Gasteiger charge is -2.24. The Morgan fingerprint density at radius 3 is 2.89 bits per heavy atom. The summed E-state index contributed by atoms with van der Waals surface area (Å²) in [5.41, 5.74) is 3.16. The molecule has 136 valence electrons. The number of rotatable bonds is 3. The molecular weight excluding hydrogens is 368 g/mol. The first-order valence-corrected chi connectivity index (χ1v) is 8.82. The van der Waals surface area contributed by atoms with Crippen LogP contribution in [0.3, 0.4) is 0 Å². The van der Waals surface area contributed by atoms with Crippen LogP contribution in [0.15, 0.2) is 47.1 Å². The number of halogens is 1. The lowest BCUT2D eigenvalue weighted by Crippen LogP contribution is -2.22. The Balaban J connectivity index is 1.45. The van der Waals surface area contributed by atoms with Crippen LogP contribution < -0.4 is 0 Å². The highest BCUT2D eigenvalue weighted by atomic mass is 35.5. The van der Waals surface area contributed by atoms with Crippen LogP contribution >= 0.6 is 11.6 Å². The van der Waals surface area contributed by atoms with E-state index < -0.39 is 0 Å². The predicted molar refractivity (Wildman–Crippen MR) is 96.7 cm³/mol. The van der Waals surface area contributed by atoms with Crippen LogP contribution in [0.1, 0.15) is 17.4 Å². The lowest BCUT2D eigenvalue weighted by molar-refractivity contribution is -0.00106. The molecule has 0 fully saturated rings. The summed E-state index contributed by atoms with van der Waals surface area (Å²) in [4.78, 5) is 4.46. The van der Waals surface area contributed by atoms with Crippen LogP contribution in [0.4, 0.5) is 0 Å². The Labute approximate surface area is 159 Å². The van der Waals surface area contributed by atoms with Crippen LogP contribution in [0.25, 0.3) is 23.1 Å². The monoisotopic (exact) mass is 382 g/mol. The first-order valence-electron chi connectivity index (χ1n) is 8.45. The van der Waals surface area contributed by atoms with Gasteiger partial charge in [-0.05, 0) is 18.2 Å². The molecule has 0 spiro atoms. The molecule has 1 unspecified atom stereocenters. The van der Waals surface area contributed by atoms with Crippen molar-refractivity contribution in [3.05, 3.63) is 58.9 Å². The minimum absolute atomic E-state index is 0.176. The van der Waals surface area contributed by atoms with Crippen molar-refractivity contribution in [1.82, 2.24) is 29.7 Å². The highest BCUT2D eigenvalue weighted by molar-refractivity contribution is 6.31. The van der Waals surface area contributed by atoms with E-state index in [1.807, 2.05) is 58.9 Å². The molecule has 5 rings (SSSR count). The maximum Gasteiger partial charge on any atom is 0.274 e. The van der Waals surface area contributed by atoms with Crippen molar-refractivity contribution < 1.29 is 9.26 Å². The van der Waals surface area contributed by atoms with Gasteiger partial charge < -0.3 is 13.8 Å². The molecule has 0 aliphatic carbocycles. The third kappa shape index (κ3) is 2.73. The van der Waals surface area contributed by atoms with E-state index in [0.717, 1.165) is 17.0 Å². The van der Waals surface area contributed by atoms with E-state index in [4.69, 9.17) is 20.9 Å². The van der Waals surface area contributed by atoms with E-state index in [1.54, 1.807) is 0 Å². The molecule has 0 saturated carbocycles. The smallest absolute Gasteiger partial charge is 0.274 e. The van der Waals surface area contributed by atoms with Crippen molar-refractivity contribution in [2.45, 2.75) is 19.3 Å². The van der Waals surface area contributed by atoms with Crippen molar-refractivity contribution in [3.8, 4) is 23.1 Å². The summed E-state index contributed by atoms with van der Waals surface area (Å²) in [6, 6.07) is 11.5. The number of benzene rings is 1. The third-order valence-corrected chi connectivity index (χ3v) is 4.99. The fourth-order valence-corrected chi connectivity index (χ4v) is 3.47. The van der Waals surface area contributed by atoms with Crippen LogP contribution in [0.5, 0.6) is 0 Å². The van der Waals surface area contributed by atoms with Gasteiger partial charge in [-0.3, -0.25) is 0 Å². The molecule has 4 aromatic rings. The van der Waals surface area contributed by atoms with Gasteiger partial charge in [0.05, 0.1) is 18.8 Å². The summed E-state index contributed by atoms with van der Waals surface area (Å²) >= 11 is 6.29. The first kappa shape index (κ1) is 16.2. The lowest BCUT2D eigenvalue weighted by atomic mass is 10.1. The Bertz CT molecular complexity index is 1110. The van der Waals surface area contributed by atoms with Crippen molar-refractivity contribution in [2.24, 2.45) is 7.05 Å². The molecule has 0 N–H and O–H groups in total. The minimum Gasteiger partial charge on any atom is -0.365 e. The number of aryl methyl sites for hydroxylation is 1. The van der Waals surface area contributed by atoms with Crippen LogP contribution in [0, 0.1) is 0 Å². The van der Waals surface area contributed by atoms with E-state index in [9.17, 15) is 0 Å². The zero-order chi connectivity index (χ0) is 18.4. The van der Waals surface area contributed by atoms with Gasteiger partial charge in [-0.2, -0.15) is 4.98 Å². The molecule has 0 radical (unpaired) electrons. The van der Waals surface area contributed by atoms with Crippen molar-refractivity contribution in [1.29, 1.82) is 0 Å². The molecule has 1 atom stereocenters. The van der Waals surface area contributed by atoms with E-state index in [-0.39, 0.29) is 6.10 Å². The topological polar surface area (TPSA) is 83.8 Å². The Morgan fingerprint density at radius 1 is 1.19 bits per heavy atom. The normalized spacial score (nSPS) is 16.4. The number of hydrogen-bond donors (Lipinski definition) is 0. The summed E-state index contributed by atoms with van der Waals surface area (Å²) in [5.74, 6) is 0.831. The molecular formula is C18H15ClN6O2. The summed E-state index contributed by atoms with van der Waals surface area (Å²) < 4.78 is 15.1. The predicted octanol–water partition coefficient (Wildman–Crippen LogP) is 3.26. The summed E-state index contributed by atoms with van der Waals surface area (Å²) in [6.07, 6.45) is 1.74. The van der Waals surface area contributed by atoms with Crippen molar-refractivity contribution >= 4 is 11.6 Å². The van der Waals surface area contributed by atoms with Gasteiger partial charge in [0.1, 0.15) is 11.8 Å². The number of ether oxygens (including phenoxy) is 1. The number of hydrogen-bond acceptors (Lipinski definition) is 6. The first-order chi connectivity index (χ1) is 13.2. The molecule has 3 aromatic heterocycles. The van der Waals surface area contributed by atoms with Crippen LogP contribution in [-0.4, -0.2) is 29.7 Å². The van der Waals surface area contributed by atoms with E-state index in [0.29, 0.717) is 35.6 Å². The van der Waals surface area contributed by atoms with Crippen LogP contribution in [0.2, 0.25) is 5.02 Å². The molecule has 0 bridgehead atoms. The van der Waals surface area contributed by atoms with Gasteiger partial charge in [0, 0.05) is 23.8 Å². The quantitative estimate of drug-likeness (QED) is 0.540. The Hall–Kier alpha value is -2.97. The molecule has 0 saturated heterocycles. The second kappa shape index (κ2) is 6.33. The molecule has 1 aliphatic heterocycles. The summed E-state index contributed by atoms with van der Waals surface area (Å²) in [6.45, 7) is 0.862. The largest absolute Gasteiger partial charge is 0.365 e. The fraction of sp³-hybridized carbons (Fsp3) is 0.222. The Morgan fingerprint density at radius 2 is 2.07 bits per heavy atom. The molecule has 1 aliphatic rings. The van der Waals surface area contributed by atoms with Gasteiger partial charge >= 0.3 is 0 Å². The second-order valence-corrected chi connectivity index (χ2v) is 6.72. The zero-order valence-corrected chi connectivity index (χ0v) is 15.2. The van der Waals surface area contributed by atoms with Crippen LogP contribution in [-0.2, 0) is 24.9 Å². The number of aromatic nitrogens is 6. The van der Waals surface area contributed by atoms with Gasteiger partial charge in [0.2, 0.25) is 5.82 Å². The van der Waals surface area contributed by atoms with Gasteiger partial charge in [0.15, 0.2) is 5.69 Å². The van der Waals surface area contributed by atoms with Crippen molar-refractivity contribution in [3.63, 3.8) is 0 Å². The van der Waals surface area contributed by atoms with E-state index in [1.165, 1.54) is 0 Å². The maximum atomic E-state index is 6.29. The molecule has 8 nitrogen and oxygen atoms in total. The number of nitrogens with zero attached hydrogens (tertiary/aromatic N) is 6. The minimum atomic E-state index is -0.176. The van der Waals surface area contributed by atoms with Gasteiger partial charge in [0.25, 0.3) is 5.89 Å². The highest BCUT2D eigenvalue weighted by Crippen LogP contribution is 2.33. The van der Waals surface area contributed by atoms with E-state index in [2.05, 4.69) is 20.5 Å². The molecule has 27 heavy (non-hydrogen) atoms. The molecule has 4 heterocycles. The third-order valence-electron chi connectivity index (χ3n) is 4.65. The van der Waals surface area contributed by atoms with Gasteiger partial charge in [-0.25, -0.2) is 4.68 Å². The second-order valence-electron chi connectivity index (χ2n) is 6.32. The zero-order valence-electron chi connectivity index (χ0n) is 14.4. The van der Waals surface area contributed by atoms with Crippen molar-refractivity contribution in [2.75, 3.05) is 0 Å². The summed E-state index contributed by atoms with van der Waals surface area (Å²) in [7, 11) is 1.92. The van der Waals surface area contributed by atoms with Gasteiger partial charge in [-0.1, -0.05) is 40.2 Å². The fourth-order valence-electron chi connectivity index (χ4n) is 3.22. The molecule has 0 amide bonds. The highest BCUT2D eigenvalue weighted by Gasteiger charge is 2.28. The SMILES string of the molecule is Cn1cccc1-c1nc(-c2nnn3c2COC(c2ccccc2Cl)C3)no1. The summed E-state index contributed by atoms with van der Waals surface area (Å²) in [5, 5.41) is 13.2. The average molecular weight is 383 g/mol. The average Bonchev–Trinajstić information content (AvgIpc) is 3.40. The number of fused-ring (bicyclic) bond motifs is 1. The maximum absolute atomic E-state index is 6.29. The molecule has 1 aromatic carbocycles. The van der Waals surface area contributed by atoms with E-state index >= 15 is 0 Å². The Kier molecular flexibility index (Phi) is 3.80.